The lowest BCUT2D eigenvalue weighted by Gasteiger charge is -2.45. The molecule has 1 saturated carbocycles. The summed E-state index contributed by atoms with van der Waals surface area (Å²) < 4.78 is 6.33. The molecule has 2 aliphatic heterocycles. The second kappa shape index (κ2) is 8.54. The summed E-state index contributed by atoms with van der Waals surface area (Å²) in [7, 11) is 0. The Bertz CT molecular complexity index is 1200. The van der Waals surface area contributed by atoms with Crippen LogP contribution in [0.4, 0.5) is 0 Å². The van der Waals surface area contributed by atoms with Crippen LogP contribution in [0.25, 0.3) is 10.9 Å². The molecule has 1 aliphatic carbocycles. The standard InChI is InChI=1S/C29H34N2O3/c1-19-15-23(16-20-3-4-20)25(24-9-12-30-27(19)24)18-31-13-11-29(10-2-14-34-29)17-26(31)21-5-7-22(8-6-21)28(32)33/h5-9,12,15,20,26,30H,2-4,10-11,13-14,16-18H2,1H3,(H,32,33)/t26-,29+/m0/s1. The molecule has 34 heavy (non-hydrogen) atoms. The first-order valence-corrected chi connectivity index (χ1v) is 12.8. The lowest BCUT2D eigenvalue weighted by Crippen LogP contribution is -2.45. The second-order valence-corrected chi connectivity index (χ2v) is 10.7. The lowest BCUT2D eigenvalue weighted by atomic mass is 9.81. The molecule has 1 aromatic heterocycles. The number of fused-ring (bicyclic) bond motifs is 1. The van der Waals surface area contributed by atoms with Crippen molar-refractivity contribution in [2.45, 2.75) is 70.1 Å². The van der Waals surface area contributed by atoms with E-state index in [0.29, 0.717) is 5.56 Å². The molecule has 2 aromatic carbocycles. The molecular formula is C29H34N2O3. The number of piperidine rings is 1. The van der Waals surface area contributed by atoms with Crippen LogP contribution in [0.3, 0.4) is 0 Å². The number of carboxylic acids is 1. The van der Waals surface area contributed by atoms with Gasteiger partial charge in [0.1, 0.15) is 0 Å². The highest BCUT2D eigenvalue weighted by Gasteiger charge is 2.43. The predicted molar refractivity (Wildman–Crippen MR) is 133 cm³/mol. The van der Waals surface area contributed by atoms with Crippen molar-refractivity contribution in [1.29, 1.82) is 0 Å². The van der Waals surface area contributed by atoms with E-state index in [-0.39, 0.29) is 11.6 Å². The number of H-pyrrole nitrogens is 1. The van der Waals surface area contributed by atoms with Crippen molar-refractivity contribution in [1.82, 2.24) is 9.88 Å². The highest BCUT2D eigenvalue weighted by molar-refractivity contribution is 5.88. The summed E-state index contributed by atoms with van der Waals surface area (Å²) in [6.45, 7) is 4.98. The van der Waals surface area contributed by atoms with Gasteiger partial charge in [0.25, 0.3) is 0 Å². The molecule has 2 N–H and O–H groups in total. The second-order valence-electron chi connectivity index (χ2n) is 10.7. The monoisotopic (exact) mass is 458 g/mol. The van der Waals surface area contributed by atoms with Gasteiger partial charge in [0.05, 0.1) is 11.2 Å². The van der Waals surface area contributed by atoms with Crippen molar-refractivity contribution >= 4 is 16.9 Å². The molecule has 0 bridgehead atoms. The van der Waals surface area contributed by atoms with E-state index >= 15 is 0 Å². The molecule has 5 heteroatoms. The lowest BCUT2D eigenvalue weighted by molar-refractivity contribution is -0.0676. The Balaban J connectivity index is 1.37. The highest BCUT2D eigenvalue weighted by atomic mass is 16.5. The van der Waals surface area contributed by atoms with Crippen molar-refractivity contribution in [3.05, 3.63) is 70.4 Å². The van der Waals surface area contributed by atoms with Crippen LogP contribution in [0, 0.1) is 12.8 Å². The van der Waals surface area contributed by atoms with E-state index in [0.717, 1.165) is 51.3 Å². The van der Waals surface area contributed by atoms with Crippen LogP contribution in [0.15, 0.2) is 42.6 Å². The van der Waals surface area contributed by atoms with E-state index in [2.05, 4.69) is 35.1 Å². The number of carbonyl (C=O) groups is 1. The van der Waals surface area contributed by atoms with E-state index in [1.165, 1.54) is 52.4 Å². The maximum atomic E-state index is 11.4. The molecule has 0 amide bonds. The molecule has 3 fully saturated rings. The number of likely N-dealkylation sites (tertiary alicyclic amines) is 1. The van der Waals surface area contributed by atoms with Crippen LogP contribution in [-0.2, 0) is 17.7 Å². The van der Waals surface area contributed by atoms with E-state index in [1.54, 1.807) is 12.1 Å². The van der Waals surface area contributed by atoms with Gasteiger partial charge in [-0.1, -0.05) is 18.2 Å². The Kier molecular flexibility index (Phi) is 5.50. The molecule has 2 saturated heterocycles. The maximum Gasteiger partial charge on any atom is 0.335 e. The summed E-state index contributed by atoms with van der Waals surface area (Å²) in [5, 5.41) is 10.7. The zero-order valence-electron chi connectivity index (χ0n) is 20.0. The number of carboxylic acid groups (broad SMARTS) is 1. The van der Waals surface area contributed by atoms with Crippen molar-refractivity contribution < 1.29 is 14.6 Å². The molecule has 0 unspecified atom stereocenters. The summed E-state index contributed by atoms with van der Waals surface area (Å²) in [5.41, 5.74) is 7.06. The summed E-state index contributed by atoms with van der Waals surface area (Å²) in [5.74, 6) is -0.0349. The minimum absolute atomic E-state index is 0.0276. The highest BCUT2D eigenvalue weighted by Crippen LogP contribution is 2.45. The van der Waals surface area contributed by atoms with Crippen LogP contribution in [-0.4, -0.2) is 39.7 Å². The number of ether oxygens (including phenoxy) is 1. The number of aryl methyl sites for hydroxylation is 1. The average molecular weight is 459 g/mol. The van der Waals surface area contributed by atoms with Gasteiger partial charge in [-0.05, 0) is 98.2 Å². The van der Waals surface area contributed by atoms with Crippen LogP contribution >= 0.6 is 0 Å². The molecule has 3 aliphatic rings. The molecule has 3 heterocycles. The number of aromatic nitrogens is 1. The van der Waals surface area contributed by atoms with Crippen LogP contribution in [0.5, 0.6) is 0 Å². The SMILES string of the molecule is Cc1cc(CC2CC2)c(CN2CC[C@]3(CCCO3)C[C@H]2c2ccc(C(=O)O)cc2)c2cc[nH]c12. The van der Waals surface area contributed by atoms with Gasteiger partial charge >= 0.3 is 5.97 Å². The van der Waals surface area contributed by atoms with Crippen LogP contribution in [0.1, 0.15) is 77.2 Å². The van der Waals surface area contributed by atoms with Gasteiger partial charge in [-0.15, -0.1) is 0 Å². The quantitative estimate of drug-likeness (QED) is 0.474. The number of rotatable bonds is 6. The minimum atomic E-state index is -0.873. The fourth-order valence-electron chi connectivity index (χ4n) is 6.31. The fourth-order valence-corrected chi connectivity index (χ4v) is 6.31. The summed E-state index contributed by atoms with van der Waals surface area (Å²) in [4.78, 5) is 17.5. The van der Waals surface area contributed by atoms with Crippen molar-refractivity contribution in [3.63, 3.8) is 0 Å². The Labute approximate surface area is 201 Å². The summed E-state index contributed by atoms with van der Waals surface area (Å²) in [6.07, 6.45) is 10.3. The Morgan fingerprint density at radius 3 is 2.74 bits per heavy atom. The Morgan fingerprint density at radius 2 is 2.03 bits per heavy atom. The van der Waals surface area contributed by atoms with Gasteiger partial charge in [0.15, 0.2) is 0 Å². The molecule has 0 radical (unpaired) electrons. The zero-order valence-corrected chi connectivity index (χ0v) is 20.0. The molecule has 2 atom stereocenters. The van der Waals surface area contributed by atoms with E-state index in [4.69, 9.17) is 4.74 Å². The van der Waals surface area contributed by atoms with E-state index in [1.807, 2.05) is 12.1 Å². The number of nitrogens with zero attached hydrogens (tertiary/aromatic N) is 1. The summed E-state index contributed by atoms with van der Waals surface area (Å²) in [6, 6.07) is 12.4. The number of benzene rings is 2. The average Bonchev–Trinajstić information content (AvgIpc) is 3.31. The van der Waals surface area contributed by atoms with Crippen molar-refractivity contribution in [2.75, 3.05) is 13.2 Å². The Hall–Kier alpha value is -2.63. The number of hydrogen-bond acceptors (Lipinski definition) is 3. The fraction of sp³-hybridized carbons (Fsp3) is 0.483. The van der Waals surface area contributed by atoms with E-state index < -0.39 is 5.97 Å². The number of hydrogen-bond donors (Lipinski definition) is 2. The van der Waals surface area contributed by atoms with Crippen LogP contribution < -0.4 is 0 Å². The summed E-state index contributed by atoms with van der Waals surface area (Å²) >= 11 is 0. The molecular weight excluding hydrogens is 424 g/mol. The van der Waals surface area contributed by atoms with Gasteiger partial charge in [0, 0.05) is 42.8 Å². The predicted octanol–water partition coefficient (Wildman–Crippen LogP) is 6.01. The van der Waals surface area contributed by atoms with Crippen LogP contribution in [0.2, 0.25) is 0 Å². The first-order valence-electron chi connectivity index (χ1n) is 12.8. The molecule has 3 aromatic rings. The van der Waals surface area contributed by atoms with Gasteiger partial charge < -0.3 is 14.8 Å². The number of nitrogens with one attached hydrogen (secondary N) is 1. The largest absolute Gasteiger partial charge is 0.478 e. The third-order valence-corrected chi connectivity index (χ3v) is 8.40. The van der Waals surface area contributed by atoms with Crippen molar-refractivity contribution in [2.24, 2.45) is 5.92 Å². The first-order chi connectivity index (χ1) is 16.5. The van der Waals surface area contributed by atoms with Crippen molar-refractivity contribution in [3.8, 4) is 0 Å². The topological polar surface area (TPSA) is 65.6 Å². The minimum Gasteiger partial charge on any atom is -0.478 e. The molecule has 5 nitrogen and oxygen atoms in total. The number of aromatic carboxylic acids is 1. The van der Waals surface area contributed by atoms with Gasteiger partial charge in [-0.3, -0.25) is 4.90 Å². The zero-order chi connectivity index (χ0) is 23.3. The maximum absolute atomic E-state index is 11.4. The van der Waals surface area contributed by atoms with Gasteiger partial charge in [0.2, 0.25) is 0 Å². The normalized spacial score (nSPS) is 25.4. The third kappa shape index (κ3) is 4.05. The third-order valence-electron chi connectivity index (χ3n) is 8.40. The molecule has 1 spiro atoms. The molecule has 178 valence electrons. The van der Waals surface area contributed by atoms with Gasteiger partial charge in [-0.25, -0.2) is 4.79 Å². The van der Waals surface area contributed by atoms with Gasteiger partial charge in [-0.2, -0.15) is 0 Å². The number of aromatic amines is 1. The first kappa shape index (κ1) is 21.9. The smallest absolute Gasteiger partial charge is 0.335 e. The van der Waals surface area contributed by atoms with E-state index in [9.17, 15) is 9.90 Å². The molecule has 6 rings (SSSR count). The Morgan fingerprint density at radius 1 is 1.21 bits per heavy atom.